The van der Waals surface area contributed by atoms with Crippen molar-refractivity contribution in [2.45, 2.75) is 93.9 Å². The topological polar surface area (TPSA) is 74.4 Å². The van der Waals surface area contributed by atoms with Crippen LogP contribution in [0.3, 0.4) is 0 Å². The highest BCUT2D eigenvalue weighted by Crippen LogP contribution is 2.49. The first-order valence-corrected chi connectivity index (χ1v) is 22.3. The van der Waals surface area contributed by atoms with Crippen molar-refractivity contribution in [1.82, 2.24) is 14.5 Å². The number of piperazine rings is 1. The number of halogens is 1. The van der Waals surface area contributed by atoms with Gasteiger partial charge in [-0.15, -0.1) is 0 Å². The Bertz CT molecular complexity index is 1840. The predicted molar refractivity (Wildman–Crippen MR) is 217 cm³/mol. The first-order valence-electron chi connectivity index (χ1n) is 20.2. The molecule has 0 aromatic heterocycles. The number of aryl methyl sites for hydroxylation is 1. The molecule has 2 saturated heterocycles. The first-order chi connectivity index (χ1) is 25.5. The number of allylic oxidation sites excluding steroid dienone is 1. The number of ether oxygens (including phenoxy) is 2. The number of hydrogen-bond acceptors (Lipinski definition) is 7. The van der Waals surface area contributed by atoms with Crippen LogP contribution in [0.2, 0.25) is 5.02 Å². The van der Waals surface area contributed by atoms with E-state index in [9.17, 15) is 9.00 Å². The van der Waals surface area contributed by atoms with Gasteiger partial charge in [0.05, 0.1) is 22.0 Å². The van der Waals surface area contributed by atoms with Gasteiger partial charge in [-0.25, -0.2) is 4.21 Å². The van der Waals surface area contributed by atoms with E-state index in [0.717, 1.165) is 94.3 Å². The van der Waals surface area contributed by atoms with Gasteiger partial charge in [0.2, 0.25) is 0 Å². The molecule has 6 aliphatic rings. The largest absolute Gasteiger partial charge is 0.490 e. The molecule has 53 heavy (non-hydrogen) atoms. The van der Waals surface area contributed by atoms with Gasteiger partial charge < -0.3 is 14.4 Å². The number of piperidine rings is 1. The summed E-state index contributed by atoms with van der Waals surface area (Å²) in [4.78, 5) is 21.7. The van der Waals surface area contributed by atoms with Crippen molar-refractivity contribution in [2.24, 2.45) is 17.8 Å². The van der Waals surface area contributed by atoms with Gasteiger partial charge in [0.25, 0.3) is 5.91 Å². The van der Waals surface area contributed by atoms with E-state index in [1.54, 1.807) is 0 Å². The molecule has 8 atom stereocenters. The van der Waals surface area contributed by atoms with Crippen molar-refractivity contribution in [3.05, 3.63) is 70.3 Å². The maximum atomic E-state index is 14.1. The van der Waals surface area contributed by atoms with Crippen LogP contribution in [0.25, 0.3) is 0 Å². The normalized spacial score (nSPS) is 37.2. The SMILES string of the molecule is C=S1(=O)NC(=O)c2ccc3c(c2)N(C[C@@H]2CC[C@H]2[C@](CN2CCN4CCCC[C@H]4C2)(OC)/C=C/C[C@H](C)[C@H]1C)C[C@@]1(CCCc2cc(Cl)ccc21)CO3. The summed E-state index contributed by atoms with van der Waals surface area (Å²) in [5.41, 5.74) is 3.38. The van der Waals surface area contributed by atoms with Gasteiger partial charge in [0.15, 0.2) is 0 Å². The van der Waals surface area contributed by atoms with Crippen molar-refractivity contribution >= 4 is 38.8 Å². The van der Waals surface area contributed by atoms with Crippen molar-refractivity contribution < 1.29 is 18.5 Å². The minimum absolute atomic E-state index is 0.0439. The van der Waals surface area contributed by atoms with E-state index < -0.39 is 15.3 Å². The molecule has 1 saturated carbocycles. The van der Waals surface area contributed by atoms with Gasteiger partial charge in [0.1, 0.15) is 11.4 Å². The summed E-state index contributed by atoms with van der Waals surface area (Å²) in [6.45, 7) is 11.6. The Morgan fingerprint density at radius 3 is 2.74 bits per heavy atom. The highest BCUT2D eigenvalue weighted by Gasteiger charge is 2.50. The Kier molecular flexibility index (Phi) is 10.5. The summed E-state index contributed by atoms with van der Waals surface area (Å²) < 4.78 is 30.5. The lowest BCUT2D eigenvalue weighted by atomic mass is 9.63. The Hall–Kier alpha value is -2.56. The summed E-state index contributed by atoms with van der Waals surface area (Å²) in [5, 5.41) is 0.452. The minimum atomic E-state index is -2.95. The molecule has 4 aliphatic heterocycles. The highest BCUT2D eigenvalue weighted by molar-refractivity contribution is 7.99. The molecular weight excluding hydrogens is 704 g/mol. The zero-order valence-corrected chi connectivity index (χ0v) is 33.6. The van der Waals surface area contributed by atoms with E-state index in [1.807, 2.05) is 38.3 Å². The fourth-order valence-electron chi connectivity index (χ4n) is 10.6. The number of hydrogen-bond donors (Lipinski definition) is 1. The van der Waals surface area contributed by atoms with Crippen molar-refractivity contribution in [1.29, 1.82) is 0 Å². The molecule has 2 aromatic rings. The molecule has 0 radical (unpaired) electrons. The number of anilines is 1. The fraction of sp³-hybridized carbons (Fsp3) is 0.628. The Balaban J connectivity index is 1.19. The number of nitrogens with one attached hydrogen (secondary N) is 1. The van der Waals surface area contributed by atoms with Gasteiger partial charge in [0, 0.05) is 73.7 Å². The van der Waals surface area contributed by atoms with Crippen molar-refractivity contribution in [3.8, 4) is 5.75 Å². The average molecular weight is 763 g/mol. The van der Waals surface area contributed by atoms with Gasteiger partial charge in [-0.3, -0.25) is 19.3 Å². The Morgan fingerprint density at radius 1 is 1.06 bits per heavy atom. The molecule has 1 N–H and O–H groups in total. The zero-order valence-electron chi connectivity index (χ0n) is 32.0. The summed E-state index contributed by atoms with van der Waals surface area (Å²) in [7, 11) is -1.03. The van der Waals surface area contributed by atoms with Gasteiger partial charge in [-0.2, -0.15) is 0 Å². The quantitative estimate of drug-likeness (QED) is 0.275. The second kappa shape index (κ2) is 14.8. The molecule has 8 rings (SSSR count). The minimum Gasteiger partial charge on any atom is -0.490 e. The maximum Gasteiger partial charge on any atom is 0.262 e. The Morgan fingerprint density at radius 2 is 1.92 bits per heavy atom. The molecule has 10 heteroatoms. The summed E-state index contributed by atoms with van der Waals surface area (Å²) in [6, 6.07) is 12.7. The van der Waals surface area contributed by atoms with Gasteiger partial charge >= 0.3 is 0 Å². The molecular formula is C43H59ClN4O4S. The van der Waals surface area contributed by atoms with Crippen LogP contribution in [-0.4, -0.2) is 102 Å². The van der Waals surface area contributed by atoms with E-state index in [-0.39, 0.29) is 22.5 Å². The number of carbonyl (C=O) groups excluding carboxylic acids is 1. The molecule has 4 heterocycles. The molecule has 3 fully saturated rings. The standard InChI is InChI=1S/C43H59ClN4O4S/c1-30-9-7-19-43(51-3,28-46-21-22-47-20-6-5-11-36(47)26-46)38-15-12-34(38)25-48-27-42(18-8-10-32-23-35(44)14-16-37(32)42)29-52-40-17-13-33(24-39(40)48)41(49)45-53(4,50)31(30)2/h7,13-14,16-17,19,23-24,30-31,34,36,38H,4-6,8-12,15,18,20-22,25-29H2,1-3H3,(H,45,49,50)/b19-7+/t30-,31+,34-,36-,38+,42-,43-,53?/m0/s1. The van der Waals surface area contributed by atoms with Crippen LogP contribution in [-0.2, 0) is 26.3 Å². The predicted octanol–water partition coefficient (Wildman–Crippen LogP) is 6.74. The second-order valence-electron chi connectivity index (χ2n) is 17.3. The van der Waals surface area contributed by atoms with E-state index in [2.05, 4.69) is 56.5 Å². The lowest BCUT2D eigenvalue weighted by Crippen LogP contribution is -2.61. The monoisotopic (exact) mass is 762 g/mol. The number of fused-ring (bicyclic) bond motifs is 5. The number of amides is 1. The van der Waals surface area contributed by atoms with E-state index in [1.165, 1.54) is 36.9 Å². The van der Waals surface area contributed by atoms with E-state index in [4.69, 9.17) is 21.1 Å². The number of rotatable bonds is 3. The Labute approximate surface area is 322 Å². The van der Waals surface area contributed by atoms with Crippen LogP contribution >= 0.6 is 11.6 Å². The summed E-state index contributed by atoms with van der Waals surface area (Å²) >= 11 is 6.53. The van der Waals surface area contributed by atoms with Crippen LogP contribution in [0, 0.1) is 17.8 Å². The molecule has 1 amide bonds. The average Bonchev–Trinajstić information content (AvgIpc) is 3.28. The van der Waals surface area contributed by atoms with Crippen LogP contribution in [0.5, 0.6) is 5.75 Å². The van der Waals surface area contributed by atoms with Crippen LogP contribution in [0.15, 0.2) is 48.6 Å². The number of nitrogens with zero attached hydrogens (tertiary/aromatic N) is 3. The molecule has 1 spiro atoms. The van der Waals surface area contributed by atoms with Crippen molar-refractivity contribution in [3.63, 3.8) is 0 Å². The fourth-order valence-corrected chi connectivity index (χ4v) is 12.3. The summed E-state index contributed by atoms with van der Waals surface area (Å²) in [6.07, 6.45) is 14.6. The number of benzene rings is 2. The van der Waals surface area contributed by atoms with Crippen LogP contribution in [0.4, 0.5) is 5.69 Å². The van der Waals surface area contributed by atoms with Crippen LogP contribution < -0.4 is 14.4 Å². The lowest BCUT2D eigenvalue weighted by Gasteiger charge is -2.53. The van der Waals surface area contributed by atoms with E-state index >= 15 is 0 Å². The third kappa shape index (κ3) is 7.19. The van der Waals surface area contributed by atoms with E-state index in [0.29, 0.717) is 30.0 Å². The first kappa shape index (κ1) is 37.4. The molecule has 288 valence electrons. The molecule has 2 bridgehead atoms. The van der Waals surface area contributed by atoms with Gasteiger partial charge in [-0.05, 0) is 130 Å². The zero-order chi connectivity index (χ0) is 37.0. The molecule has 2 aromatic carbocycles. The highest BCUT2D eigenvalue weighted by atomic mass is 35.5. The van der Waals surface area contributed by atoms with Crippen molar-refractivity contribution in [2.75, 3.05) is 64.4 Å². The third-order valence-corrected chi connectivity index (χ3v) is 16.6. The maximum absolute atomic E-state index is 14.1. The molecule has 1 unspecified atom stereocenters. The summed E-state index contributed by atoms with van der Waals surface area (Å²) in [5.74, 6) is 5.29. The molecule has 2 aliphatic carbocycles. The van der Waals surface area contributed by atoms with Crippen LogP contribution in [0.1, 0.15) is 86.7 Å². The lowest BCUT2D eigenvalue weighted by molar-refractivity contribution is -0.100. The second-order valence-corrected chi connectivity index (χ2v) is 20.1. The molecule has 8 nitrogen and oxygen atoms in total. The smallest absolute Gasteiger partial charge is 0.262 e. The number of methoxy groups -OCH3 is 1. The van der Waals surface area contributed by atoms with Gasteiger partial charge in [-0.1, -0.05) is 43.2 Å². The number of carbonyl (C=O) groups is 1. The third-order valence-electron chi connectivity index (χ3n) is 14.1.